The molecule has 1 aromatic carbocycles. The van der Waals surface area contributed by atoms with Crippen LogP contribution in [0.4, 0.5) is 5.69 Å². The summed E-state index contributed by atoms with van der Waals surface area (Å²) in [5, 5.41) is 38.2. The lowest BCUT2D eigenvalue weighted by atomic mass is 9.89. The van der Waals surface area contributed by atoms with Gasteiger partial charge in [-0.1, -0.05) is 12.1 Å². The third kappa shape index (κ3) is 2.45. The summed E-state index contributed by atoms with van der Waals surface area (Å²) < 4.78 is 0. The second-order valence-corrected chi connectivity index (χ2v) is 3.76. The maximum atomic E-state index is 10.9. The molecular weight excluding hydrogens is 244 g/mol. The van der Waals surface area contributed by atoms with Crippen LogP contribution in [0, 0.1) is 10.1 Å². The van der Waals surface area contributed by atoms with Gasteiger partial charge in [-0.2, -0.15) is 0 Å². The van der Waals surface area contributed by atoms with Gasteiger partial charge in [0.2, 0.25) is 0 Å². The molecular formula is C10H12N2O6. The fraction of sp³-hybridized carbons (Fsp3) is 0.300. The molecule has 1 aromatic rings. The summed E-state index contributed by atoms with van der Waals surface area (Å²) in [5.74, 6) is -1.61. The maximum absolute atomic E-state index is 10.9. The van der Waals surface area contributed by atoms with Crippen molar-refractivity contribution in [2.75, 3.05) is 6.61 Å². The van der Waals surface area contributed by atoms with Crippen LogP contribution in [0.1, 0.15) is 11.7 Å². The van der Waals surface area contributed by atoms with Gasteiger partial charge < -0.3 is 21.1 Å². The molecule has 0 saturated heterocycles. The summed E-state index contributed by atoms with van der Waals surface area (Å²) in [6.07, 6.45) is -1.76. The lowest BCUT2D eigenvalue weighted by molar-refractivity contribution is -0.385. The third-order valence-electron chi connectivity index (χ3n) is 2.54. The van der Waals surface area contributed by atoms with Gasteiger partial charge in [-0.15, -0.1) is 0 Å². The zero-order valence-electron chi connectivity index (χ0n) is 9.18. The molecule has 0 bridgehead atoms. The number of carboxylic acids is 1. The van der Waals surface area contributed by atoms with Gasteiger partial charge in [0, 0.05) is 12.1 Å². The number of aliphatic carboxylic acids is 1. The topological polar surface area (TPSA) is 147 Å². The Morgan fingerprint density at radius 3 is 2.61 bits per heavy atom. The number of nitrogens with zero attached hydrogens (tertiary/aromatic N) is 1. The Labute approximate surface area is 101 Å². The van der Waals surface area contributed by atoms with Crippen molar-refractivity contribution in [3.63, 3.8) is 0 Å². The number of benzene rings is 1. The first-order chi connectivity index (χ1) is 8.32. The largest absolute Gasteiger partial charge is 0.480 e. The van der Waals surface area contributed by atoms with Crippen LogP contribution in [0.3, 0.4) is 0 Å². The van der Waals surface area contributed by atoms with E-state index in [-0.39, 0.29) is 11.3 Å². The van der Waals surface area contributed by atoms with Crippen LogP contribution in [0.25, 0.3) is 0 Å². The molecule has 0 aromatic heterocycles. The number of aliphatic hydroxyl groups excluding tert-OH is 2. The molecule has 2 atom stereocenters. The Morgan fingerprint density at radius 2 is 2.17 bits per heavy atom. The zero-order valence-corrected chi connectivity index (χ0v) is 9.18. The summed E-state index contributed by atoms with van der Waals surface area (Å²) in [7, 11) is 0. The smallest absolute Gasteiger partial charge is 0.329 e. The second-order valence-electron chi connectivity index (χ2n) is 3.76. The maximum Gasteiger partial charge on any atom is 0.329 e. The highest BCUT2D eigenvalue weighted by molar-refractivity contribution is 5.80. The number of carboxylic acid groups (broad SMARTS) is 1. The highest BCUT2D eigenvalue weighted by atomic mass is 16.6. The van der Waals surface area contributed by atoms with Crippen molar-refractivity contribution in [3.05, 3.63) is 39.9 Å². The Morgan fingerprint density at radius 1 is 1.56 bits per heavy atom. The van der Waals surface area contributed by atoms with Gasteiger partial charge in [-0.25, -0.2) is 0 Å². The monoisotopic (exact) mass is 256 g/mol. The number of hydrogen-bond acceptors (Lipinski definition) is 6. The molecule has 18 heavy (non-hydrogen) atoms. The van der Waals surface area contributed by atoms with Crippen molar-refractivity contribution < 1.29 is 25.0 Å². The molecule has 5 N–H and O–H groups in total. The molecule has 8 nitrogen and oxygen atoms in total. The fourth-order valence-corrected chi connectivity index (χ4v) is 1.38. The van der Waals surface area contributed by atoms with Crippen LogP contribution in [-0.2, 0) is 4.79 Å². The highest BCUT2D eigenvalue weighted by Crippen LogP contribution is 2.26. The molecule has 0 fully saturated rings. The van der Waals surface area contributed by atoms with Crippen LogP contribution < -0.4 is 5.73 Å². The zero-order chi connectivity index (χ0) is 13.9. The summed E-state index contributed by atoms with van der Waals surface area (Å²) >= 11 is 0. The Bertz CT molecular complexity index is 477. The molecule has 0 amide bonds. The molecule has 0 heterocycles. The number of carbonyl (C=O) groups is 1. The molecule has 98 valence electrons. The van der Waals surface area contributed by atoms with Crippen LogP contribution in [0.2, 0.25) is 0 Å². The fourth-order valence-electron chi connectivity index (χ4n) is 1.38. The first-order valence-electron chi connectivity index (χ1n) is 4.88. The Kier molecular flexibility index (Phi) is 3.96. The highest BCUT2D eigenvalue weighted by Gasteiger charge is 2.42. The molecule has 0 saturated carbocycles. The normalized spacial score (nSPS) is 15.7. The first-order valence-corrected chi connectivity index (χ1v) is 4.88. The van der Waals surface area contributed by atoms with Crippen LogP contribution >= 0.6 is 0 Å². The van der Waals surface area contributed by atoms with Crippen molar-refractivity contribution in [1.82, 2.24) is 0 Å². The van der Waals surface area contributed by atoms with Crippen LogP contribution in [0.15, 0.2) is 24.3 Å². The van der Waals surface area contributed by atoms with E-state index in [1.54, 1.807) is 0 Å². The average Bonchev–Trinajstić information content (AvgIpc) is 2.36. The number of nitro benzene ring substituents is 1. The summed E-state index contributed by atoms with van der Waals surface area (Å²) in [4.78, 5) is 20.8. The molecule has 0 aliphatic carbocycles. The van der Waals surface area contributed by atoms with E-state index >= 15 is 0 Å². The minimum Gasteiger partial charge on any atom is -0.480 e. The Hall–Kier alpha value is -2.03. The SMILES string of the molecule is N[C@](CO)(C(=O)O)C(O)c1cccc([N+](=O)[O-])c1. The van der Waals surface area contributed by atoms with Crippen molar-refractivity contribution in [1.29, 1.82) is 0 Å². The van der Waals surface area contributed by atoms with E-state index in [1.807, 2.05) is 0 Å². The molecule has 0 aliphatic rings. The number of non-ortho nitro benzene ring substituents is 1. The number of rotatable bonds is 5. The van der Waals surface area contributed by atoms with Gasteiger partial charge in [-0.05, 0) is 5.56 Å². The van der Waals surface area contributed by atoms with E-state index in [0.29, 0.717) is 0 Å². The van der Waals surface area contributed by atoms with Gasteiger partial charge in [0.1, 0.15) is 6.10 Å². The molecule has 0 radical (unpaired) electrons. The average molecular weight is 256 g/mol. The van der Waals surface area contributed by atoms with E-state index in [9.17, 15) is 20.0 Å². The standard InChI is InChI=1S/C10H12N2O6/c11-10(5-13,9(15)16)8(14)6-2-1-3-7(4-6)12(17)18/h1-4,8,13-14H,5,11H2,(H,15,16)/t8?,10-/m0/s1. The van der Waals surface area contributed by atoms with Crippen molar-refractivity contribution >= 4 is 11.7 Å². The van der Waals surface area contributed by atoms with Gasteiger partial charge in [0.25, 0.3) is 5.69 Å². The molecule has 0 aliphatic heterocycles. The van der Waals surface area contributed by atoms with E-state index in [2.05, 4.69) is 0 Å². The van der Waals surface area contributed by atoms with E-state index in [0.717, 1.165) is 6.07 Å². The number of nitrogens with two attached hydrogens (primary N) is 1. The van der Waals surface area contributed by atoms with Gasteiger partial charge in [0.15, 0.2) is 5.54 Å². The van der Waals surface area contributed by atoms with Crippen molar-refractivity contribution in [2.24, 2.45) is 5.73 Å². The van der Waals surface area contributed by atoms with Crippen LogP contribution in [-0.4, -0.2) is 38.4 Å². The summed E-state index contributed by atoms with van der Waals surface area (Å²) in [5.41, 5.74) is 2.70. The van der Waals surface area contributed by atoms with Gasteiger partial charge in [0.05, 0.1) is 11.5 Å². The van der Waals surface area contributed by atoms with Crippen molar-refractivity contribution in [3.8, 4) is 0 Å². The van der Waals surface area contributed by atoms with E-state index in [1.165, 1.54) is 18.2 Å². The minimum atomic E-state index is -2.31. The van der Waals surface area contributed by atoms with Gasteiger partial charge in [-0.3, -0.25) is 14.9 Å². The first kappa shape index (κ1) is 14.0. The summed E-state index contributed by atoms with van der Waals surface area (Å²) in [6.45, 7) is -1.01. The number of hydrogen-bond donors (Lipinski definition) is 4. The molecule has 1 rings (SSSR count). The lowest BCUT2D eigenvalue weighted by Gasteiger charge is -2.28. The molecule has 1 unspecified atom stereocenters. The number of aliphatic hydroxyl groups is 2. The van der Waals surface area contributed by atoms with Gasteiger partial charge >= 0.3 is 5.97 Å². The molecule has 0 spiro atoms. The Balaban J connectivity index is 3.17. The number of nitro groups is 1. The van der Waals surface area contributed by atoms with E-state index < -0.39 is 29.1 Å². The quantitative estimate of drug-likeness (QED) is 0.406. The van der Waals surface area contributed by atoms with E-state index in [4.69, 9.17) is 15.9 Å². The predicted molar refractivity (Wildman–Crippen MR) is 59.7 cm³/mol. The van der Waals surface area contributed by atoms with Crippen molar-refractivity contribution in [2.45, 2.75) is 11.6 Å². The summed E-state index contributed by atoms with van der Waals surface area (Å²) in [6, 6.07) is 4.77. The predicted octanol–water partition coefficient (Wildman–Crippen LogP) is -0.597. The molecule has 8 heteroatoms. The minimum absolute atomic E-state index is 0.0526. The lowest BCUT2D eigenvalue weighted by Crippen LogP contribution is -2.56. The van der Waals surface area contributed by atoms with Crippen LogP contribution in [0.5, 0.6) is 0 Å². The second kappa shape index (κ2) is 5.08. The third-order valence-corrected chi connectivity index (χ3v) is 2.54.